The molecule has 1 atom stereocenters. The van der Waals surface area contributed by atoms with E-state index >= 15 is 0 Å². The van der Waals surface area contributed by atoms with E-state index in [0.29, 0.717) is 30.5 Å². The van der Waals surface area contributed by atoms with Crippen LogP contribution in [0.1, 0.15) is 36.0 Å². The van der Waals surface area contributed by atoms with E-state index in [9.17, 15) is 4.79 Å². The molecule has 26 heavy (non-hydrogen) atoms. The van der Waals surface area contributed by atoms with Crippen molar-refractivity contribution < 1.29 is 18.7 Å². The van der Waals surface area contributed by atoms with Crippen LogP contribution in [0.4, 0.5) is 10.5 Å². The molecule has 1 saturated heterocycles. The van der Waals surface area contributed by atoms with Crippen molar-refractivity contribution in [1.29, 1.82) is 0 Å². The number of benzene rings is 1. The topological polar surface area (TPSA) is 63.9 Å². The maximum Gasteiger partial charge on any atom is 0.322 e. The second-order valence-corrected chi connectivity index (χ2v) is 7.00. The average molecular weight is 377 g/mol. The number of rotatable bonds is 4. The van der Waals surface area contributed by atoms with Gasteiger partial charge >= 0.3 is 6.03 Å². The summed E-state index contributed by atoms with van der Waals surface area (Å²) in [5.74, 6) is 2.27. The van der Waals surface area contributed by atoms with Gasteiger partial charge in [0.1, 0.15) is 23.9 Å². The van der Waals surface area contributed by atoms with E-state index in [2.05, 4.69) is 5.32 Å². The highest BCUT2D eigenvalue weighted by molar-refractivity contribution is 6.31. The normalized spacial score (nSPS) is 18.7. The molecule has 1 unspecified atom stereocenters. The number of fused-ring (bicyclic) bond motifs is 1. The Kier molecular flexibility index (Phi) is 4.78. The number of carbonyl (C=O) groups is 1. The number of nitrogens with one attached hydrogen (secondary N) is 1. The van der Waals surface area contributed by atoms with Crippen LogP contribution in [0.3, 0.4) is 0 Å². The minimum absolute atomic E-state index is 0.0752. The number of amides is 2. The zero-order chi connectivity index (χ0) is 18.1. The quantitative estimate of drug-likeness (QED) is 0.859. The lowest BCUT2D eigenvalue weighted by molar-refractivity contribution is 0.157. The van der Waals surface area contributed by atoms with E-state index in [4.69, 9.17) is 25.5 Å². The number of urea groups is 1. The van der Waals surface area contributed by atoms with Crippen molar-refractivity contribution in [3.05, 3.63) is 46.4 Å². The molecule has 1 aromatic heterocycles. The molecule has 3 heterocycles. The summed E-state index contributed by atoms with van der Waals surface area (Å²) in [4.78, 5) is 14.7. The standard InChI is InChI=1S/C19H21ClN2O4/c1-24-11-14-4-5-17(26-14)16-3-2-7-22(16)19(23)21-15-10-13(20)9-12-6-8-25-18(12)15/h4-5,9-10,16H,2-3,6-8,11H2,1H3,(H,21,23). The molecular weight excluding hydrogens is 356 g/mol. The van der Waals surface area contributed by atoms with Gasteiger partial charge in [0.25, 0.3) is 0 Å². The van der Waals surface area contributed by atoms with Crippen molar-refractivity contribution in [1.82, 2.24) is 4.90 Å². The Balaban J connectivity index is 1.52. The Morgan fingerprint density at radius 2 is 2.31 bits per heavy atom. The molecule has 1 N–H and O–H groups in total. The third kappa shape index (κ3) is 3.27. The van der Waals surface area contributed by atoms with Crippen LogP contribution in [0.2, 0.25) is 5.02 Å². The van der Waals surface area contributed by atoms with Gasteiger partial charge in [-0.1, -0.05) is 11.6 Å². The molecule has 1 fully saturated rings. The van der Waals surface area contributed by atoms with Gasteiger partial charge < -0.3 is 24.1 Å². The molecule has 7 heteroatoms. The number of furan rings is 1. The van der Waals surface area contributed by atoms with Crippen molar-refractivity contribution in [2.75, 3.05) is 25.6 Å². The van der Waals surface area contributed by atoms with Crippen molar-refractivity contribution in [2.24, 2.45) is 0 Å². The summed E-state index contributed by atoms with van der Waals surface area (Å²) in [5.41, 5.74) is 1.65. The van der Waals surface area contributed by atoms with Crippen LogP contribution >= 0.6 is 11.6 Å². The largest absolute Gasteiger partial charge is 0.491 e. The molecule has 2 aliphatic heterocycles. The monoisotopic (exact) mass is 376 g/mol. The number of hydrogen-bond acceptors (Lipinski definition) is 4. The predicted molar refractivity (Wildman–Crippen MR) is 97.8 cm³/mol. The van der Waals surface area contributed by atoms with Crippen molar-refractivity contribution in [3.63, 3.8) is 0 Å². The second-order valence-electron chi connectivity index (χ2n) is 6.56. The molecule has 0 bridgehead atoms. The maximum atomic E-state index is 12.9. The first-order valence-corrected chi connectivity index (χ1v) is 9.14. The zero-order valence-corrected chi connectivity index (χ0v) is 15.3. The van der Waals surface area contributed by atoms with Gasteiger partial charge in [-0.25, -0.2) is 4.79 Å². The van der Waals surface area contributed by atoms with Gasteiger partial charge in [0, 0.05) is 30.7 Å². The summed E-state index contributed by atoms with van der Waals surface area (Å²) >= 11 is 6.18. The first kappa shape index (κ1) is 17.2. The Morgan fingerprint density at radius 3 is 3.15 bits per heavy atom. The molecular formula is C19H21ClN2O4. The van der Waals surface area contributed by atoms with Crippen LogP contribution in [-0.2, 0) is 17.8 Å². The molecule has 2 aliphatic rings. The van der Waals surface area contributed by atoms with Gasteiger partial charge in [0.2, 0.25) is 0 Å². The number of methoxy groups -OCH3 is 1. The SMILES string of the molecule is COCc1ccc(C2CCCN2C(=O)Nc2cc(Cl)cc3c2OCC3)o1. The lowest BCUT2D eigenvalue weighted by atomic mass is 10.1. The van der Waals surface area contributed by atoms with Crippen molar-refractivity contribution in [2.45, 2.75) is 31.9 Å². The van der Waals surface area contributed by atoms with Crippen LogP contribution < -0.4 is 10.1 Å². The molecule has 0 aliphatic carbocycles. The highest BCUT2D eigenvalue weighted by Gasteiger charge is 2.33. The van der Waals surface area contributed by atoms with Gasteiger partial charge in [-0.2, -0.15) is 0 Å². The fourth-order valence-electron chi connectivity index (χ4n) is 3.65. The van der Waals surface area contributed by atoms with Crippen molar-refractivity contribution >= 4 is 23.3 Å². The first-order chi connectivity index (χ1) is 12.7. The van der Waals surface area contributed by atoms with E-state index in [1.54, 1.807) is 18.1 Å². The number of likely N-dealkylation sites (tertiary alicyclic amines) is 1. The summed E-state index contributed by atoms with van der Waals surface area (Å²) in [5, 5.41) is 3.56. The second kappa shape index (κ2) is 7.21. The third-order valence-electron chi connectivity index (χ3n) is 4.80. The van der Waals surface area contributed by atoms with Gasteiger partial charge in [0.15, 0.2) is 0 Å². The Labute approximate surface area is 157 Å². The summed E-state index contributed by atoms with van der Waals surface area (Å²) in [7, 11) is 1.63. The minimum Gasteiger partial charge on any atom is -0.491 e. The molecule has 138 valence electrons. The lowest BCUT2D eigenvalue weighted by Crippen LogP contribution is -2.34. The lowest BCUT2D eigenvalue weighted by Gasteiger charge is -2.24. The molecule has 0 radical (unpaired) electrons. The van der Waals surface area contributed by atoms with E-state index in [1.165, 1.54) is 0 Å². The summed E-state index contributed by atoms with van der Waals surface area (Å²) in [6.07, 6.45) is 2.61. The maximum absolute atomic E-state index is 12.9. The van der Waals surface area contributed by atoms with Gasteiger partial charge in [-0.05, 0) is 37.1 Å². The number of halogens is 1. The molecule has 6 nitrogen and oxygen atoms in total. The molecule has 0 spiro atoms. The van der Waals surface area contributed by atoms with E-state index in [-0.39, 0.29) is 12.1 Å². The third-order valence-corrected chi connectivity index (χ3v) is 5.02. The molecule has 2 amide bonds. The highest BCUT2D eigenvalue weighted by atomic mass is 35.5. The number of carbonyl (C=O) groups excluding carboxylic acids is 1. The van der Waals surface area contributed by atoms with Crippen LogP contribution in [0, 0.1) is 0 Å². The molecule has 0 saturated carbocycles. The number of anilines is 1. The van der Waals surface area contributed by atoms with Crippen molar-refractivity contribution in [3.8, 4) is 5.75 Å². The van der Waals surface area contributed by atoms with E-state index < -0.39 is 0 Å². The van der Waals surface area contributed by atoms with Gasteiger partial charge in [-0.15, -0.1) is 0 Å². The number of hydrogen-bond donors (Lipinski definition) is 1. The van der Waals surface area contributed by atoms with Crippen LogP contribution in [0.5, 0.6) is 5.75 Å². The Hall–Kier alpha value is -2.18. The van der Waals surface area contributed by atoms with E-state index in [0.717, 1.165) is 42.1 Å². The fraction of sp³-hybridized carbons (Fsp3) is 0.421. The molecule has 4 rings (SSSR count). The highest BCUT2D eigenvalue weighted by Crippen LogP contribution is 2.38. The number of nitrogens with zero attached hydrogens (tertiary/aromatic N) is 1. The average Bonchev–Trinajstić information content (AvgIpc) is 3.34. The summed E-state index contributed by atoms with van der Waals surface area (Å²) < 4.78 is 16.6. The van der Waals surface area contributed by atoms with Crippen LogP contribution in [0.25, 0.3) is 0 Å². The van der Waals surface area contributed by atoms with Gasteiger partial charge in [0.05, 0.1) is 18.3 Å². The Morgan fingerprint density at radius 1 is 1.42 bits per heavy atom. The number of ether oxygens (including phenoxy) is 2. The van der Waals surface area contributed by atoms with Crippen LogP contribution in [-0.4, -0.2) is 31.2 Å². The fourth-order valence-corrected chi connectivity index (χ4v) is 3.89. The minimum atomic E-state index is -0.169. The summed E-state index contributed by atoms with van der Waals surface area (Å²) in [6.45, 7) is 1.71. The van der Waals surface area contributed by atoms with E-state index in [1.807, 2.05) is 18.2 Å². The van der Waals surface area contributed by atoms with Crippen LogP contribution in [0.15, 0.2) is 28.7 Å². The van der Waals surface area contributed by atoms with Gasteiger partial charge in [-0.3, -0.25) is 0 Å². The first-order valence-electron chi connectivity index (χ1n) is 8.76. The summed E-state index contributed by atoms with van der Waals surface area (Å²) in [6, 6.07) is 7.19. The molecule has 2 aromatic rings. The smallest absolute Gasteiger partial charge is 0.322 e. The predicted octanol–water partition coefficient (Wildman–Crippen LogP) is 4.38. The molecule has 1 aromatic carbocycles. The zero-order valence-electron chi connectivity index (χ0n) is 14.6. The Bertz CT molecular complexity index is 820.